The van der Waals surface area contributed by atoms with E-state index in [0.29, 0.717) is 11.7 Å². The van der Waals surface area contributed by atoms with E-state index in [0.717, 1.165) is 16.9 Å². The fraction of sp³-hybridized carbons (Fsp3) is 0.133. The molecular weight excluding hydrogens is 256 g/mol. The van der Waals surface area contributed by atoms with Crippen molar-refractivity contribution < 1.29 is 14.7 Å². The molecule has 0 spiro atoms. The van der Waals surface area contributed by atoms with Crippen LogP contribution in [0, 0.1) is 0 Å². The number of benzene rings is 2. The first-order valence-electron chi connectivity index (χ1n) is 6.16. The van der Waals surface area contributed by atoms with Crippen molar-refractivity contribution in [2.24, 2.45) is 5.73 Å². The van der Waals surface area contributed by atoms with Crippen LogP contribution in [0.1, 0.15) is 11.1 Å². The van der Waals surface area contributed by atoms with Crippen LogP contribution < -0.4 is 10.5 Å². The molecule has 0 heterocycles. The minimum atomic E-state index is -0.880. The maximum atomic E-state index is 10.7. The van der Waals surface area contributed by atoms with Crippen LogP contribution in [0.25, 0.3) is 0 Å². The molecule has 0 aliphatic carbocycles. The molecule has 0 saturated heterocycles. The van der Waals surface area contributed by atoms with Crippen molar-refractivity contribution in [2.45, 2.75) is 13.2 Å². The molecule has 0 fully saturated rings. The number of nitrogens with two attached hydrogens (primary N) is 1. The molecule has 2 rings (SSSR count). The number of ether oxygens (including phenoxy) is 1. The van der Waals surface area contributed by atoms with E-state index in [2.05, 4.69) is 0 Å². The van der Waals surface area contributed by atoms with Gasteiger partial charge in [-0.1, -0.05) is 42.5 Å². The number of hydroxylamine groups is 2. The molecule has 0 unspecified atom stereocenters. The largest absolute Gasteiger partial charge is 0.489 e. The minimum Gasteiger partial charge on any atom is -0.489 e. The zero-order chi connectivity index (χ0) is 14.4. The number of hydrogen-bond donors (Lipinski definition) is 2. The zero-order valence-corrected chi connectivity index (χ0v) is 10.9. The van der Waals surface area contributed by atoms with Gasteiger partial charge in [0.05, 0.1) is 6.54 Å². The summed E-state index contributed by atoms with van der Waals surface area (Å²) in [5, 5.41) is 9.69. The van der Waals surface area contributed by atoms with Gasteiger partial charge in [-0.2, -0.15) is 0 Å². The Morgan fingerprint density at radius 1 is 1.05 bits per heavy atom. The summed E-state index contributed by atoms with van der Waals surface area (Å²) < 4.78 is 5.63. The molecule has 0 aliphatic heterocycles. The summed E-state index contributed by atoms with van der Waals surface area (Å²) in [6.45, 7) is 0.544. The lowest BCUT2D eigenvalue weighted by molar-refractivity contribution is -0.0470. The van der Waals surface area contributed by atoms with Gasteiger partial charge in [0, 0.05) is 0 Å². The molecule has 0 atom stereocenters. The molecule has 5 heteroatoms. The van der Waals surface area contributed by atoms with Crippen molar-refractivity contribution in [3.63, 3.8) is 0 Å². The summed E-state index contributed by atoms with van der Waals surface area (Å²) in [6.07, 6.45) is 0. The van der Waals surface area contributed by atoms with Crippen LogP contribution in [-0.2, 0) is 13.2 Å². The third-order valence-corrected chi connectivity index (χ3v) is 2.76. The molecule has 104 valence electrons. The van der Waals surface area contributed by atoms with Gasteiger partial charge in [0.25, 0.3) is 0 Å². The fourth-order valence-electron chi connectivity index (χ4n) is 1.68. The molecule has 2 amide bonds. The normalized spacial score (nSPS) is 10.1. The topological polar surface area (TPSA) is 75.8 Å². The maximum Gasteiger partial charge on any atom is 0.338 e. The van der Waals surface area contributed by atoms with Gasteiger partial charge >= 0.3 is 6.03 Å². The Labute approximate surface area is 117 Å². The van der Waals surface area contributed by atoms with Gasteiger partial charge in [0.1, 0.15) is 12.4 Å². The summed E-state index contributed by atoms with van der Waals surface area (Å²) >= 11 is 0. The van der Waals surface area contributed by atoms with Crippen molar-refractivity contribution in [3.8, 4) is 5.75 Å². The smallest absolute Gasteiger partial charge is 0.338 e. The van der Waals surface area contributed by atoms with Gasteiger partial charge in [0.15, 0.2) is 0 Å². The number of carbonyl (C=O) groups excluding carboxylic acids is 1. The molecule has 2 aromatic rings. The van der Waals surface area contributed by atoms with E-state index in [1.165, 1.54) is 0 Å². The van der Waals surface area contributed by atoms with Crippen molar-refractivity contribution in [3.05, 3.63) is 65.7 Å². The Kier molecular flexibility index (Phi) is 4.57. The van der Waals surface area contributed by atoms with E-state index in [1.54, 1.807) is 24.3 Å². The van der Waals surface area contributed by atoms with Gasteiger partial charge in [-0.15, -0.1) is 0 Å². The maximum absolute atomic E-state index is 10.7. The minimum absolute atomic E-state index is 0.0499. The van der Waals surface area contributed by atoms with E-state index < -0.39 is 6.03 Å². The number of rotatable bonds is 5. The standard InChI is InChI=1S/C15H16N2O3/c16-15(18)17(19)10-12-6-8-14(9-7-12)20-11-13-4-2-1-3-5-13/h1-9,19H,10-11H2,(H2,16,18). The van der Waals surface area contributed by atoms with Crippen LogP contribution in [0.3, 0.4) is 0 Å². The van der Waals surface area contributed by atoms with E-state index in [-0.39, 0.29) is 6.54 Å². The first kappa shape index (κ1) is 13.9. The number of urea groups is 1. The predicted octanol–water partition coefficient (Wildman–Crippen LogP) is 2.54. The lowest BCUT2D eigenvalue weighted by atomic mass is 10.2. The average molecular weight is 272 g/mol. The number of carbonyl (C=O) groups is 1. The molecule has 0 bridgehead atoms. The van der Waals surface area contributed by atoms with Crippen LogP contribution >= 0.6 is 0 Å². The van der Waals surface area contributed by atoms with Crippen LogP contribution in [0.5, 0.6) is 5.75 Å². The molecule has 0 aliphatic rings. The lowest BCUT2D eigenvalue weighted by Crippen LogP contribution is -2.31. The third-order valence-electron chi connectivity index (χ3n) is 2.76. The SMILES string of the molecule is NC(=O)N(O)Cc1ccc(OCc2ccccc2)cc1. The van der Waals surface area contributed by atoms with Crippen LogP contribution in [0.4, 0.5) is 4.79 Å². The highest BCUT2D eigenvalue weighted by atomic mass is 16.5. The molecule has 0 radical (unpaired) electrons. The molecule has 0 aromatic heterocycles. The van der Waals surface area contributed by atoms with E-state index in [9.17, 15) is 10.0 Å². The van der Waals surface area contributed by atoms with Gasteiger partial charge in [-0.3, -0.25) is 5.21 Å². The highest BCUT2D eigenvalue weighted by Gasteiger charge is 2.06. The Balaban J connectivity index is 1.90. The second-order valence-corrected chi connectivity index (χ2v) is 4.31. The molecule has 5 nitrogen and oxygen atoms in total. The number of hydrogen-bond acceptors (Lipinski definition) is 3. The van der Waals surface area contributed by atoms with Crippen LogP contribution in [0.15, 0.2) is 54.6 Å². The molecular formula is C15H16N2O3. The highest BCUT2D eigenvalue weighted by Crippen LogP contribution is 2.15. The summed E-state index contributed by atoms with van der Waals surface area (Å²) in [4.78, 5) is 10.7. The average Bonchev–Trinajstić information content (AvgIpc) is 2.47. The Hall–Kier alpha value is -2.53. The van der Waals surface area contributed by atoms with Gasteiger partial charge in [-0.05, 0) is 23.3 Å². The van der Waals surface area contributed by atoms with Gasteiger partial charge < -0.3 is 10.5 Å². The number of primary amides is 1. The second-order valence-electron chi connectivity index (χ2n) is 4.31. The summed E-state index contributed by atoms with van der Waals surface area (Å²) in [6, 6.07) is 16.1. The lowest BCUT2D eigenvalue weighted by Gasteiger charge is -2.12. The quantitative estimate of drug-likeness (QED) is 0.648. The van der Waals surface area contributed by atoms with Crippen LogP contribution in [0.2, 0.25) is 0 Å². The molecule has 3 N–H and O–H groups in total. The number of nitrogens with zero attached hydrogens (tertiary/aromatic N) is 1. The van der Waals surface area contributed by atoms with Crippen molar-refractivity contribution >= 4 is 6.03 Å². The summed E-state index contributed by atoms with van der Waals surface area (Å²) in [5.74, 6) is 0.723. The number of amides is 2. The Morgan fingerprint density at radius 2 is 1.70 bits per heavy atom. The van der Waals surface area contributed by atoms with Crippen LogP contribution in [-0.4, -0.2) is 16.3 Å². The monoisotopic (exact) mass is 272 g/mol. The molecule has 20 heavy (non-hydrogen) atoms. The summed E-state index contributed by atoms with van der Waals surface area (Å²) in [5.41, 5.74) is 6.79. The Bertz CT molecular complexity index is 555. The molecule has 0 saturated carbocycles. The van der Waals surface area contributed by atoms with Crippen molar-refractivity contribution in [1.82, 2.24) is 5.06 Å². The van der Waals surface area contributed by atoms with Crippen molar-refractivity contribution in [2.75, 3.05) is 0 Å². The predicted molar refractivity (Wildman–Crippen MR) is 74.1 cm³/mol. The van der Waals surface area contributed by atoms with Gasteiger partial charge in [-0.25, -0.2) is 9.86 Å². The first-order chi connectivity index (χ1) is 9.65. The first-order valence-corrected chi connectivity index (χ1v) is 6.16. The van der Waals surface area contributed by atoms with E-state index >= 15 is 0 Å². The zero-order valence-electron chi connectivity index (χ0n) is 10.9. The second kappa shape index (κ2) is 6.58. The van der Waals surface area contributed by atoms with Crippen molar-refractivity contribution in [1.29, 1.82) is 0 Å². The van der Waals surface area contributed by atoms with E-state index in [1.807, 2.05) is 30.3 Å². The third kappa shape index (κ3) is 4.00. The van der Waals surface area contributed by atoms with Gasteiger partial charge in [0.2, 0.25) is 0 Å². The highest BCUT2D eigenvalue weighted by molar-refractivity contribution is 5.70. The Morgan fingerprint density at radius 3 is 2.30 bits per heavy atom. The summed E-state index contributed by atoms with van der Waals surface area (Å²) in [7, 11) is 0. The molecule has 2 aromatic carbocycles. The fourth-order valence-corrected chi connectivity index (χ4v) is 1.68. The van der Waals surface area contributed by atoms with E-state index in [4.69, 9.17) is 10.5 Å².